The van der Waals surface area contributed by atoms with Crippen LogP contribution in [0.15, 0.2) is 4.52 Å². The second-order valence-corrected chi connectivity index (χ2v) is 5.19. The largest absolute Gasteiger partial charge is 0.338 e. The van der Waals surface area contributed by atoms with Gasteiger partial charge >= 0.3 is 0 Å². The third-order valence-electron chi connectivity index (χ3n) is 1.74. The van der Waals surface area contributed by atoms with E-state index in [0.717, 1.165) is 12.2 Å². The Morgan fingerprint density at radius 2 is 2.08 bits per heavy atom. The average Bonchev–Trinajstić information content (AvgIpc) is 2.50. The molecule has 0 amide bonds. The Morgan fingerprint density at radius 1 is 1.46 bits per heavy atom. The molecule has 13 heavy (non-hydrogen) atoms. The molecule has 1 atom stereocenters. The van der Waals surface area contributed by atoms with Gasteiger partial charge in [0.1, 0.15) is 0 Å². The van der Waals surface area contributed by atoms with Crippen LogP contribution in [0.4, 0.5) is 0 Å². The summed E-state index contributed by atoms with van der Waals surface area (Å²) in [7, 11) is 0. The predicted octanol–water partition coefficient (Wildman–Crippen LogP) is 3.21. The number of nitrogens with zero attached hydrogens (tertiary/aromatic N) is 2. The molecule has 74 valence electrons. The molecule has 1 aromatic heterocycles. The zero-order valence-corrected chi connectivity index (χ0v) is 10.1. The summed E-state index contributed by atoms with van der Waals surface area (Å²) < 4.78 is 5.14. The molecule has 1 aromatic rings. The molecule has 0 aliphatic heterocycles. The Kier molecular flexibility index (Phi) is 3.11. The lowest BCUT2D eigenvalue weighted by atomic mass is 9.96. The molecule has 0 radical (unpaired) electrons. The van der Waals surface area contributed by atoms with E-state index in [0.29, 0.717) is 5.89 Å². The quantitative estimate of drug-likeness (QED) is 0.753. The zero-order chi connectivity index (χ0) is 10.1. The third-order valence-corrected chi connectivity index (χ3v) is 2.78. The Balaban J connectivity index is 2.87. The summed E-state index contributed by atoms with van der Waals surface area (Å²) in [5.74, 6) is 1.44. The molecule has 0 bridgehead atoms. The molecular formula is C9H15BrN2O. The third kappa shape index (κ3) is 2.53. The predicted molar refractivity (Wildman–Crippen MR) is 55.0 cm³/mol. The highest BCUT2D eigenvalue weighted by molar-refractivity contribution is 9.09. The lowest BCUT2D eigenvalue weighted by molar-refractivity contribution is 0.361. The summed E-state index contributed by atoms with van der Waals surface area (Å²) in [5, 5.41) is 3.94. The van der Waals surface area contributed by atoms with E-state index in [1.807, 2.05) is 0 Å². The van der Waals surface area contributed by atoms with Gasteiger partial charge in [0, 0.05) is 5.41 Å². The van der Waals surface area contributed by atoms with Gasteiger partial charge in [0.2, 0.25) is 5.89 Å². The summed E-state index contributed by atoms with van der Waals surface area (Å²) in [6, 6.07) is 0. The molecule has 1 unspecified atom stereocenters. The molecular weight excluding hydrogens is 232 g/mol. The fraction of sp³-hybridized carbons (Fsp3) is 0.778. The number of rotatable bonds is 2. The van der Waals surface area contributed by atoms with E-state index < -0.39 is 0 Å². The van der Waals surface area contributed by atoms with Crippen molar-refractivity contribution in [3.05, 3.63) is 11.7 Å². The highest BCUT2D eigenvalue weighted by atomic mass is 79.9. The van der Waals surface area contributed by atoms with Gasteiger partial charge in [-0.3, -0.25) is 0 Å². The van der Waals surface area contributed by atoms with E-state index in [1.54, 1.807) is 0 Å². The van der Waals surface area contributed by atoms with E-state index in [1.165, 1.54) is 0 Å². The minimum absolute atomic E-state index is 0.0395. The maximum absolute atomic E-state index is 5.14. The SMILES string of the molecule is CCC(Br)c1nc(C(C)(C)C)no1. The van der Waals surface area contributed by atoms with Gasteiger partial charge in [0.25, 0.3) is 0 Å². The summed E-state index contributed by atoms with van der Waals surface area (Å²) in [4.78, 5) is 4.50. The van der Waals surface area contributed by atoms with E-state index in [-0.39, 0.29) is 10.2 Å². The maximum atomic E-state index is 5.14. The van der Waals surface area contributed by atoms with Crippen molar-refractivity contribution in [2.75, 3.05) is 0 Å². The summed E-state index contributed by atoms with van der Waals surface area (Å²) in [5.41, 5.74) is -0.0395. The molecule has 1 heterocycles. The van der Waals surface area contributed by atoms with Crippen LogP contribution in [-0.2, 0) is 5.41 Å². The van der Waals surface area contributed by atoms with Crippen LogP contribution >= 0.6 is 15.9 Å². The lowest BCUT2D eigenvalue weighted by Gasteiger charge is -2.11. The minimum Gasteiger partial charge on any atom is -0.338 e. The first kappa shape index (κ1) is 10.7. The first-order valence-corrected chi connectivity index (χ1v) is 5.35. The van der Waals surface area contributed by atoms with Crippen LogP contribution in [0, 0.1) is 0 Å². The van der Waals surface area contributed by atoms with Gasteiger partial charge in [0.05, 0.1) is 4.83 Å². The Labute approximate surface area is 87.0 Å². The zero-order valence-electron chi connectivity index (χ0n) is 8.47. The van der Waals surface area contributed by atoms with Gasteiger partial charge in [-0.15, -0.1) is 0 Å². The topological polar surface area (TPSA) is 38.9 Å². The molecule has 1 rings (SSSR count). The Hall–Kier alpha value is -0.380. The van der Waals surface area contributed by atoms with Crippen LogP contribution in [0.3, 0.4) is 0 Å². The second-order valence-electron chi connectivity index (χ2n) is 4.08. The van der Waals surface area contributed by atoms with E-state index >= 15 is 0 Å². The molecule has 0 saturated carbocycles. The molecule has 0 saturated heterocycles. The van der Waals surface area contributed by atoms with Crippen LogP contribution in [-0.4, -0.2) is 10.1 Å². The smallest absolute Gasteiger partial charge is 0.240 e. The van der Waals surface area contributed by atoms with Crippen LogP contribution in [0.1, 0.15) is 50.7 Å². The number of halogens is 1. The molecule has 0 fully saturated rings. The number of aromatic nitrogens is 2. The van der Waals surface area contributed by atoms with Crippen LogP contribution in [0.2, 0.25) is 0 Å². The van der Waals surface area contributed by atoms with Gasteiger partial charge in [-0.25, -0.2) is 0 Å². The monoisotopic (exact) mass is 246 g/mol. The number of hydrogen-bond acceptors (Lipinski definition) is 3. The first-order chi connectivity index (χ1) is 5.95. The van der Waals surface area contributed by atoms with Crippen LogP contribution < -0.4 is 0 Å². The van der Waals surface area contributed by atoms with Crippen molar-refractivity contribution in [3.63, 3.8) is 0 Å². The van der Waals surface area contributed by atoms with Gasteiger partial charge < -0.3 is 4.52 Å². The fourth-order valence-corrected chi connectivity index (χ4v) is 1.03. The Bertz CT molecular complexity index is 277. The lowest BCUT2D eigenvalue weighted by Crippen LogP contribution is -2.13. The molecule has 0 aliphatic rings. The van der Waals surface area contributed by atoms with Crippen molar-refractivity contribution in [1.82, 2.24) is 10.1 Å². The van der Waals surface area contributed by atoms with E-state index in [4.69, 9.17) is 4.52 Å². The molecule has 4 heteroatoms. The molecule has 0 aliphatic carbocycles. The van der Waals surface area contributed by atoms with Crippen LogP contribution in [0.25, 0.3) is 0 Å². The fourth-order valence-electron chi connectivity index (χ4n) is 0.842. The highest BCUT2D eigenvalue weighted by Crippen LogP contribution is 2.26. The molecule has 0 aromatic carbocycles. The molecule has 3 nitrogen and oxygen atoms in total. The number of hydrogen-bond donors (Lipinski definition) is 0. The molecule has 0 spiro atoms. The summed E-state index contributed by atoms with van der Waals surface area (Å²) >= 11 is 3.47. The minimum atomic E-state index is -0.0395. The van der Waals surface area contributed by atoms with Gasteiger partial charge in [0.15, 0.2) is 5.82 Å². The van der Waals surface area contributed by atoms with Crippen molar-refractivity contribution in [2.24, 2.45) is 0 Å². The van der Waals surface area contributed by atoms with Crippen molar-refractivity contribution >= 4 is 15.9 Å². The standard InChI is InChI=1S/C9H15BrN2O/c1-5-6(10)7-11-8(12-13-7)9(2,3)4/h6H,5H2,1-4H3. The van der Waals surface area contributed by atoms with E-state index in [2.05, 4.69) is 53.8 Å². The average molecular weight is 247 g/mol. The van der Waals surface area contributed by atoms with Crippen molar-refractivity contribution < 1.29 is 4.52 Å². The number of alkyl halides is 1. The second kappa shape index (κ2) is 3.78. The normalized spacial score (nSPS) is 14.5. The van der Waals surface area contributed by atoms with Crippen LogP contribution in [0.5, 0.6) is 0 Å². The Morgan fingerprint density at radius 3 is 2.46 bits per heavy atom. The van der Waals surface area contributed by atoms with Gasteiger partial charge in [-0.2, -0.15) is 4.98 Å². The van der Waals surface area contributed by atoms with Crippen molar-refractivity contribution in [3.8, 4) is 0 Å². The van der Waals surface area contributed by atoms with Crippen molar-refractivity contribution in [2.45, 2.75) is 44.4 Å². The van der Waals surface area contributed by atoms with Gasteiger partial charge in [-0.1, -0.05) is 48.8 Å². The first-order valence-electron chi connectivity index (χ1n) is 4.43. The summed E-state index contributed by atoms with van der Waals surface area (Å²) in [6.07, 6.45) is 0.950. The van der Waals surface area contributed by atoms with Gasteiger partial charge in [-0.05, 0) is 6.42 Å². The van der Waals surface area contributed by atoms with Crippen molar-refractivity contribution in [1.29, 1.82) is 0 Å². The highest BCUT2D eigenvalue weighted by Gasteiger charge is 2.22. The summed E-state index contributed by atoms with van der Waals surface area (Å²) in [6.45, 7) is 8.27. The van der Waals surface area contributed by atoms with E-state index in [9.17, 15) is 0 Å². The maximum Gasteiger partial charge on any atom is 0.240 e. The molecule has 0 N–H and O–H groups in total.